The van der Waals surface area contributed by atoms with Gasteiger partial charge in [0.2, 0.25) is 11.8 Å². The molecule has 168 valence electrons. The maximum absolute atomic E-state index is 13.3. The van der Waals surface area contributed by atoms with Crippen LogP contribution in [0.4, 0.5) is 11.5 Å². The molecule has 3 aromatic rings. The van der Waals surface area contributed by atoms with Crippen LogP contribution in [0.1, 0.15) is 30.1 Å². The molecule has 0 aromatic carbocycles. The number of hydrogen-bond acceptors (Lipinski definition) is 7. The van der Waals surface area contributed by atoms with Crippen molar-refractivity contribution >= 4 is 39.0 Å². The molecule has 8 nitrogen and oxygen atoms in total. The smallest absolute Gasteiger partial charge is 0.294 e. The highest BCUT2D eigenvalue weighted by Crippen LogP contribution is 2.40. The molecule has 4 rings (SSSR count). The van der Waals surface area contributed by atoms with Crippen LogP contribution in [0, 0.1) is 19.8 Å². The first kappa shape index (κ1) is 22.5. The molecule has 0 radical (unpaired) electrons. The first-order valence-electron chi connectivity index (χ1n) is 10.2. The van der Waals surface area contributed by atoms with Crippen molar-refractivity contribution in [2.75, 3.05) is 19.0 Å². The highest BCUT2D eigenvalue weighted by Gasteiger charge is 2.34. The van der Waals surface area contributed by atoms with Gasteiger partial charge in [-0.1, -0.05) is 27.5 Å². The molecule has 0 bridgehead atoms. The van der Waals surface area contributed by atoms with Gasteiger partial charge >= 0.3 is 0 Å². The second-order valence-corrected chi connectivity index (χ2v) is 9.03. The van der Waals surface area contributed by atoms with Gasteiger partial charge in [0.25, 0.3) is 5.56 Å². The Bertz CT molecular complexity index is 1200. The summed E-state index contributed by atoms with van der Waals surface area (Å²) in [6.45, 7) is 4.02. The Morgan fingerprint density at radius 2 is 2.09 bits per heavy atom. The van der Waals surface area contributed by atoms with Crippen molar-refractivity contribution < 1.29 is 9.47 Å². The SMILES string of the molecule is COc1nc(C)c(Nc2nc(Cl)cn([C@H](COc3cc(Br)ccn3)C3CC3)c2=O)cc1C. The summed E-state index contributed by atoms with van der Waals surface area (Å²) in [6.07, 6.45) is 5.28. The standard InChI is InChI=1S/C22H23BrClN5O3/c1-12-8-16(13(2)26-21(12)31-3)27-20-22(30)29(10-18(24)28-20)17(14-4-5-14)11-32-19-9-15(23)6-7-25-19/h6-10,14,17H,4-5,11H2,1-3H3,(H,27,28)/t17-/m1/s1. The van der Waals surface area contributed by atoms with E-state index < -0.39 is 0 Å². The van der Waals surface area contributed by atoms with E-state index in [2.05, 4.69) is 36.2 Å². The van der Waals surface area contributed by atoms with E-state index in [1.54, 1.807) is 30.1 Å². The van der Waals surface area contributed by atoms with Crippen LogP contribution in [0.15, 0.2) is 39.9 Å². The summed E-state index contributed by atoms with van der Waals surface area (Å²) in [5.41, 5.74) is 1.92. The number of ether oxygens (including phenoxy) is 2. The largest absolute Gasteiger partial charge is 0.481 e. The predicted molar refractivity (Wildman–Crippen MR) is 126 cm³/mol. The zero-order chi connectivity index (χ0) is 22.8. The summed E-state index contributed by atoms with van der Waals surface area (Å²) < 4.78 is 13.7. The molecule has 3 heterocycles. The minimum atomic E-state index is -0.273. The molecule has 0 saturated heterocycles. The van der Waals surface area contributed by atoms with E-state index in [4.69, 9.17) is 21.1 Å². The second kappa shape index (κ2) is 9.46. The van der Waals surface area contributed by atoms with E-state index in [1.165, 1.54) is 0 Å². The van der Waals surface area contributed by atoms with Gasteiger partial charge in [-0.3, -0.25) is 4.79 Å². The number of halogens is 2. The lowest BCUT2D eigenvalue weighted by molar-refractivity contribution is 0.222. The number of anilines is 2. The fourth-order valence-electron chi connectivity index (χ4n) is 3.51. The summed E-state index contributed by atoms with van der Waals surface area (Å²) in [6, 6.07) is 5.31. The molecule has 0 unspecified atom stereocenters. The number of aryl methyl sites for hydroxylation is 2. The maximum atomic E-state index is 13.3. The summed E-state index contributed by atoms with van der Waals surface area (Å²) in [7, 11) is 1.57. The van der Waals surface area contributed by atoms with Gasteiger partial charge in [0.05, 0.1) is 24.5 Å². The lowest BCUT2D eigenvalue weighted by Gasteiger charge is -2.21. The molecule has 3 aromatic heterocycles. The van der Waals surface area contributed by atoms with Gasteiger partial charge in [-0.25, -0.2) is 15.0 Å². The van der Waals surface area contributed by atoms with Crippen molar-refractivity contribution in [2.45, 2.75) is 32.7 Å². The van der Waals surface area contributed by atoms with Gasteiger partial charge in [-0.05, 0) is 44.7 Å². The first-order chi connectivity index (χ1) is 15.4. The molecule has 1 saturated carbocycles. The van der Waals surface area contributed by atoms with Crippen LogP contribution in [0.3, 0.4) is 0 Å². The van der Waals surface area contributed by atoms with Gasteiger partial charge in [0.1, 0.15) is 11.8 Å². The molecular weight excluding hydrogens is 498 g/mol. The number of rotatable bonds is 8. The highest BCUT2D eigenvalue weighted by molar-refractivity contribution is 9.10. The van der Waals surface area contributed by atoms with Crippen molar-refractivity contribution in [3.63, 3.8) is 0 Å². The number of pyridine rings is 2. The predicted octanol–water partition coefficient (Wildman–Crippen LogP) is 4.85. The van der Waals surface area contributed by atoms with Crippen LogP contribution >= 0.6 is 27.5 Å². The molecule has 0 spiro atoms. The molecule has 1 aliphatic rings. The van der Waals surface area contributed by atoms with Crippen LogP contribution in [-0.4, -0.2) is 33.2 Å². The number of hydrogen-bond donors (Lipinski definition) is 1. The van der Waals surface area contributed by atoms with Gasteiger partial charge in [0.15, 0.2) is 5.82 Å². The van der Waals surface area contributed by atoms with Crippen LogP contribution < -0.4 is 20.3 Å². The van der Waals surface area contributed by atoms with Gasteiger partial charge in [-0.15, -0.1) is 0 Å². The van der Waals surface area contributed by atoms with Crippen LogP contribution in [0.25, 0.3) is 0 Å². The molecule has 0 amide bonds. The van der Waals surface area contributed by atoms with Crippen LogP contribution in [0.2, 0.25) is 5.15 Å². The average Bonchev–Trinajstić information content (AvgIpc) is 3.59. The second-order valence-electron chi connectivity index (χ2n) is 7.73. The maximum Gasteiger partial charge on any atom is 0.294 e. The van der Waals surface area contributed by atoms with Gasteiger partial charge < -0.3 is 19.4 Å². The Morgan fingerprint density at radius 3 is 2.78 bits per heavy atom. The van der Waals surface area contributed by atoms with Gasteiger partial charge in [0, 0.05) is 28.5 Å². The van der Waals surface area contributed by atoms with Crippen molar-refractivity contribution in [3.8, 4) is 11.8 Å². The molecule has 1 fully saturated rings. The fourth-order valence-corrected chi connectivity index (χ4v) is 4.01. The third-order valence-corrected chi connectivity index (χ3v) is 6.00. The summed E-state index contributed by atoms with van der Waals surface area (Å²) in [5.74, 6) is 1.50. The topological polar surface area (TPSA) is 91.2 Å². The van der Waals surface area contributed by atoms with Crippen LogP contribution in [-0.2, 0) is 0 Å². The third-order valence-electron chi connectivity index (χ3n) is 5.33. The Hall–Kier alpha value is -2.65. The Labute approximate surface area is 199 Å². The van der Waals surface area contributed by atoms with Crippen molar-refractivity contribution in [1.82, 2.24) is 19.5 Å². The molecule has 1 N–H and O–H groups in total. The molecule has 1 aliphatic carbocycles. The van der Waals surface area contributed by atoms with Crippen LogP contribution in [0.5, 0.6) is 11.8 Å². The minimum Gasteiger partial charge on any atom is -0.481 e. The zero-order valence-electron chi connectivity index (χ0n) is 17.9. The monoisotopic (exact) mass is 519 g/mol. The van der Waals surface area contributed by atoms with E-state index in [-0.39, 0.29) is 22.6 Å². The molecule has 1 atom stereocenters. The number of aromatic nitrogens is 4. The summed E-state index contributed by atoms with van der Waals surface area (Å²) in [4.78, 5) is 26.2. The van der Waals surface area contributed by atoms with Gasteiger partial charge in [-0.2, -0.15) is 0 Å². The minimum absolute atomic E-state index is 0.137. The Kier molecular flexibility index (Phi) is 6.66. The highest BCUT2D eigenvalue weighted by atomic mass is 79.9. The Morgan fingerprint density at radius 1 is 1.31 bits per heavy atom. The quantitative estimate of drug-likeness (QED) is 0.454. The molecular formula is C22H23BrClN5O3. The van der Waals surface area contributed by atoms with E-state index in [0.29, 0.717) is 35.7 Å². The number of nitrogens with zero attached hydrogens (tertiary/aromatic N) is 4. The normalized spacial score (nSPS) is 14.2. The Balaban J connectivity index is 1.63. The molecule has 32 heavy (non-hydrogen) atoms. The molecule has 0 aliphatic heterocycles. The van der Waals surface area contributed by atoms with E-state index >= 15 is 0 Å². The zero-order valence-corrected chi connectivity index (χ0v) is 20.3. The molecule has 10 heteroatoms. The van der Waals surface area contributed by atoms with E-state index in [1.807, 2.05) is 26.0 Å². The van der Waals surface area contributed by atoms with Crippen molar-refractivity contribution in [2.24, 2.45) is 5.92 Å². The average molecular weight is 521 g/mol. The lowest BCUT2D eigenvalue weighted by Crippen LogP contribution is -2.31. The summed E-state index contributed by atoms with van der Waals surface area (Å²) >= 11 is 9.72. The van der Waals surface area contributed by atoms with Crippen molar-refractivity contribution in [1.29, 1.82) is 0 Å². The number of nitrogens with one attached hydrogen (secondary N) is 1. The number of methoxy groups -OCH3 is 1. The van der Waals surface area contributed by atoms with E-state index in [0.717, 1.165) is 22.9 Å². The van der Waals surface area contributed by atoms with E-state index in [9.17, 15) is 4.79 Å². The summed E-state index contributed by atoms with van der Waals surface area (Å²) in [5, 5.41) is 3.32. The third kappa shape index (κ3) is 5.05. The first-order valence-corrected chi connectivity index (χ1v) is 11.3. The lowest BCUT2D eigenvalue weighted by atomic mass is 10.2. The van der Waals surface area contributed by atoms with Crippen molar-refractivity contribution in [3.05, 3.63) is 61.8 Å². The fraction of sp³-hybridized carbons (Fsp3) is 0.364.